The van der Waals surface area contributed by atoms with Gasteiger partial charge in [0.05, 0.1) is 5.69 Å². The second-order valence-electron chi connectivity index (χ2n) is 8.81. The van der Waals surface area contributed by atoms with E-state index in [4.69, 9.17) is 0 Å². The molecule has 1 aromatic heterocycles. The number of nitrogens with zero attached hydrogens (tertiary/aromatic N) is 5. The first-order valence-corrected chi connectivity index (χ1v) is 10.5. The van der Waals surface area contributed by atoms with Crippen molar-refractivity contribution in [3.63, 3.8) is 0 Å². The van der Waals surface area contributed by atoms with Crippen LogP contribution in [-0.4, -0.2) is 65.8 Å². The summed E-state index contributed by atoms with van der Waals surface area (Å²) in [5.41, 5.74) is 2.45. The van der Waals surface area contributed by atoms with Gasteiger partial charge in [-0.25, -0.2) is 0 Å². The van der Waals surface area contributed by atoms with E-state index < -0.39 is 0 Å². The highest BCUT2D eigenvalue weighted by atomic mass is 15.3. The van der Waals surface area contributed by atoms with E-state index in [1.54, 1.807) is 0 Å². The van der Waals surface area contributed by atoms with E-state index in [1.165, 1.54) is 43.7 Å². The lowest BCUT2D eigenvalue weighted by molar-refractivity contribution is 0.159. The summed E-state index contributed by atoms with van der Waals surface area (Å²) in [7, 11) is 5.98. The maximum Gasteiger partial charge on any atom is 0.193 e. The van der Waals surface area contributed by atoms with E-state index in [-0.39, 0.29) is 0 Å². The van der Waals surface area contributed by atoms with Gasteiger partial charge in [0, 0.05) is 59.1 Å². The number of hydrogen-bond acceptors (Lipinski definition) is 3. The van der Waals surface area contributed by atoms with Gasteiger partial charge in [-0.3, -0.25) is 9.67 Å². The molecule has 2 rings (SSSR count). The number of aryl methyl sites for hydroxylation is 1. The summed E-state index contributed by atoms with van der Waals surface area (Å²) in [4.78, 5) is 9.34. The topological polar surface area (TPSA) is 48.7 Å². The number of piperidine rings is 1. The number of aliphatic imine (C=N–C) groups is 1. The van der Waals surface area contributed by atoms with Crippen molar-refractivity contribution in [3.8, 4) is 0 Å². The van der Waals surface area contributed by atoms with Crippen LogP contribution in [0.2, 0.25) is 0 Å². The van der Waals surface area contributed by atoms with Crippen molar-refractivity contribution in [1.82, 2.24) is 24.9 Å². The molecular formula is C21H40N6. The molecule has 154 valence electrons. The second kappa shape index (κ2) is 10.1. The quantitative estimate of drug-likeness (QED) is 0.587. The van der Waals surface area contributed by atoms with Gasteiger partial charge in [-0.05, 0) is 37.1 Å². The molecule has 0 aliphatic carbocycles. The fraction of sp³-hybridized carbons (Fsp3) is 0.810. The Labute approximate surface area is 166 Å². The maximum absolute atomic E-state index is 4.62. The molecule has 1 aliphatic rings. The summed E-state index contributed by atoms with van der Waals surface area (Å²) in [5, 5.41) is 8.23. The molecular weight excluding hydrogens is 336 g/mol. The van der Waals surface area contributed by atoms with Gasteiger partial charge in [-0.1, -0.05) is 27.7 Å². The zero-order chi connectivity index (χ0) is 20.0. The molecule has 1 fully saturated rings. The molecule has 1 unspecified atom stereocenters. The van der Waals surface area contributed by atoms with Gasteiger partial charge < -0.3 is 15.1 Å². The monoisotopic (exact) mass is 376 g/mol. The highest BCUT2D eigenvalue weighted by molar-refractivity contribution is 5.79. The molecule has 1 N–H and O–H groups in total. The Bertz CT molecular complexity index is 604. The van der Waals surface area contributed by atoms with Crippen molar-refractivity contribution < 1.29 is 0 Å². The average molecular weight is 377 g/mol. The van der Waals surface area contributed by atoms with Gasteiger partial charge in [0.1, 0.15) is 0 Å². The fourth-order valence-corrected chi connectivity index (χ4v) is 4.11. The largest absolute Gasteiger partial charge is 0.356 e. The summed E-state index contributed by atoms with van der Waals surface area (Å²) < 4.78 is 1.92. The molecule has 1 aliphatic heterocycles. The number of likely N-dealkylation sites (tertiary alicyclic amines) is 1. The summed E-state index contributed by atoms with van der Waals surface area (Å²) in [6.07, 6.45) is 4.74. The first-order valence-electron chi connectivity index (χ1n) is 10.5. The van der Waals surface area contributed by atoms with Crippen LogP contribution in [0.5, 0.6) is 0 Å². The highest BCUT2D eigenvalue weighted by Gasteiger charge is 2.21. The Hall–Kier alpha value is -1.56. The Morgan fingerprint density at radius 2 is 2.11 bits per heavy atom. The lowest BCUT2D eigenvalue weighted by atomic mass is 9.97. The molecule has 1 saturated heterocycles. The van der Waals surface area contributed by atoms with Crippen molar-refractivity contribution in [2.45, 2.75) is 53.0 Å². The molecule has 1 aromatic rings. The standard InChI is InChI=1S/C21H40N6/c1-16(2)12-27-10-8-9-18(13-27)11-23-21(22-5)25(6)14-19-15-26(7)24-20(19)17(3)4/h15-18H,8-14H2,1-7H3,(H,22,23). The molecule has 0 aromatic carbocycles. The predicted molar refractivity (Wildman–Crippen MR) is 114 cm³/mol. The molecule has 1 atom stereocenters. The van der Waals surface area contributed by atoms with E-state index in [0.717, 1.165) is 25.0 Å². The molecule has 0 amide bonds. The normalized spacial score (nSPS) is 19.1. The van der Waals surface area contributed by atoms with Gasteiger partial charge in [0.2, 0.25) is 0 Å². The predicted octanol–water partition coefficient (Wildman–Crippen LogP) is 2.92. The van der Waals surface area contributed by atoms with E-state index in [2.05, 4.69) is 66.1 Å². The Balaban J connectivity index is 1.89. The van der Waals surface area contributed by atoms with Crippen LogP contribution < -0.4 is 5.32 Å². The molecule has 0 saturated carbocycles. The van der Waals surface area contributed by atoms with Crippen molar-refractivity contribution in [3.05, 3.63) is 17.5 Å². The summed E-state index contributed by atoms with van der Waals surface area (Å²) >= 11 is 0. The van der Waals surface area contributed by atoms with Crippen LogP contribution in [-0.2, 0) is 13.6 Å². The fourth-order valence-electron chi connectivity index (χ4n) is 4.11. The van der Waals surface area contributed by atoms with E-state index >= 15 is 0 Å². The number of rotatable bonds is 7. The third-order valence-corrected chi connectivity index (χ3v) is 5.24. The van der Waals surface area contributed by atoms with E-state index in [1.807, 2.05) is 18.8 Å². The average Bonchev–Trinajstić information content (AvgIpc) is 2.95. The number of guanidine groups is 1. The van der Waals surface area contributed by atoms with Crippen LogP contribution in [0.4, 0.5) is 0 Å². The molecule has 6 nitrogen and oxygen atoms in total. The smallest absolute Gasteiger partial charge is 0.193 e. The summed E-state index contributed by atoms with van der Waals surface area (Å²) in [6.45, 7) is 14.5. The molecule has 0 radical (unpaired) electrons. The van der Waals surface area contributed by atoms with Crippen molar-refractivity contribution in [1.29, 1.82) is 0 Å². The zero-order valence-electron chi connectivity index (χ0n) is 18.5. The van der Waals surface area contributed by atoms with E-state index in [9.17, 15) is 0 Å². The Kier molecular flexibility index (Phi) is 8.14. The molecule has 27 heavy (non-hydrogen) atoms. The Morgan fingerprint density at radius 3 is 2.74 bits per heavy atom. The summed E-state index contributed by atoms with van der Waals surface area (Å²) in [5.74, 6) is 2.84. The van der Waals surface area contributed by atoms with Crippen LogP contribution in [0.1, 0.15) is 57.7 Å². The van der Waals surface area contributed by atoms with Crippen LogP contribution >= 0.6 is 0 Å². The number of aromatic nitrogens is 2. The van der Waals surface area contributed by atoms with Gasteiger partial charge in [0.25, 0.3) is 0 Å². The summed E-state index contributed by atoms with van der Waals surface area (Å²) in [6, 6.07) is 0. The maximum atomic E-state index is 4.62. The number of nitrogens with one attached hydrogen (secondary N) is 1. The van der Waals surface area contributed by atoms with Crippen molar-refractivity contribution >= 4 is 5.96 Å². The van der Waals surface area contributed by atoms with Gasteiger partial charge in [-0.2, -0.15) is 5.10 Å². The van der Waals surface area contributed by atoms with Gasteiger partial charge >= 0.3 is 0 Å². The second-order valence-corrected chi connectivity index (χ2v) is 8.81. The molecule has 6 heteroatoms. The lowest BCUT2D eigenvalue weighted by Gasteiger charge is -2.34. The van der Waals surface area contributed by atoms with Crippen molar-refractivity contribution in [2.75, 3.05) is 40.3 Å². The zero-order valence-corrected chi connectivity index (χ0v) is 18.5. The SMILES string of the molecule is CN=C(NCC1CCCN(CC(C)C)C1)N(C)Cc1cn(C)nc1C(C)C. The third-order valence-electron chi connectivity index (χ3n) is 5.24. The van der Waals surface area contributed by atoms with Crippen LogP contribution in [0, 0.1) is 11.8 Å². The minimum absolute atomic E-state index is 0.429. The van der Waals surface area contributed by atoms with Crippen LogP contribution in [0.15, 0.2) is 11.2 Å². The first-order chi connectivity index (χ1) is 12.8. The lowest BCUT2D eigenvalue weighted by Crippen LogP contribution is -2.45. The third kappa shape index (κ3) is 6.52. The minimum Gasteiger partial charge on any atom is -0.356 e. The first kappa shape index (κ1) is 21.7. The van der Waals surface area contributed by atoms with Crippen LogP contribution in [0.25, 0.3) is 0 Å². The van der Waals surface area contributed by atoms with Gasteiger partial charge in [0.15, 0.2) is 5.96 Å². The number of hydrogen-bond donors (Lipinski definition) is 1. The molecule has 0 bridgehead atoms. The Morgan fingerprint density at radius 1 is 1.37 bits per heavy atom. The highest BCUT2D eigenvalue weighted by Crippen LogP contribution is 2.19. The van der Waals surface area contributed by atoms with Crippen LogP contribution in [0.3, 0.4) is 0 Å². The molecule has 0 spiro atoms. The minimum atomic E-state index is 0.429. The molecule has 2 heterocycles. The van der Waals surface area contributed by atoms with Crippen molar-refractivity contribution in [2.24, 2.45) is 23.9 Å². The van der Waals surface area contributed by atoms with E-state index in [0.29, 0.717) is 11.8 Å². The van der Waals surface area contributed by atoms with Gasteiger partial charge in [-0.15, -0.1) is 0 Å².